The lowest BCUT2D eigenvalue weighted by atomic mass is 10.1. The molecular weight excluding hydrogens is 469 g/mol. The van der Waals surface area contributed by atoms with Gasteiger partial charge in [-0.2, -0.15) is 0 Å². The summed E-state index contributed by atoms with van der Waals surface area (Å²) in [4.78, 5) is 58.0. The van der Waals surface area contributed by atoms with Gasteiger partial charge in [0.15, 0.2) is 0 Å². The van der Waals surface area contributed by atoms with E-state index >= 15 is 0 Å². The number of hydrogen-bond acceptors (Lipinski definition) is 7. The molecule has 0 radical (unpaired) electrons. The molecule has 0 spiro atoms. The molecule has 1 aromatic carbocycles. The van der Waals surface area contributed by atoms with E-state index in [0.29, 0.717) is 24.2 Å². The third-order valence-corrected chi connectivity index (χ3v) is 4.77. The van der Waals surface area contributed by atoms with Gasteiger partial charge >= 0.3 is 17.9 Å². The largest absolute Gasteiger partial charge is 0.481 e. The summed E-state index contributed by atoms with van der Waals surface area (Å²) in [5.74, 6) is -6.03. The molecule has 0 fully saturated rings. The van der Waals surface area contributed by atoms with Crippen LogP contribution in [-0.2, 0) is 25.6 Å². The van der Waals surface area contributed by atoms with Gasteiger partial charge in [-0.3, -0.25) is 18.8 Å². The first-order chi connectivity index (χ1) is 16.6. The fraction of sp³-hybridized carbons (Fsp3) is 0.381. The summed E-state index contributed by atoms with van der Waals surface area (Å²) < 4.78 is 13.7. The molecule has 2 atom stereocenters. The second-order valence-electron chi connectivity index (χ2n) is 7.45. The van der Waals surface area contributed by atoms with Crippen molar-refractivity contribution in [3.05, 3.63) is 41.7 Å². The maximum atomic E-state index is 12.5. The van der Waals surface area contributed by atoms with E-state index in [2.05, 4.69) is 20.9 Å². The summed E-state index contributed by atoms with van der Waals surface area (Å²) in [6.45, 7) is -0.472. The fourth-order valence-electron chi connectivity index (χ4n) is 2.96. The third kappa shape index (κ3) is 8.49. The molecule has 14 heteroatoms. The topological polar surface area (TPSA) is 201 Å². The maximum Gasteiger partial charge on any atom is 0.326 e. The van der Waals surface area contributed by atoms with Crippen molar-refractivity contribution in [2.75, 3.05) is 6.67 Å². The van der Waals surface area contributed by atoms with Crippen LogP contribution in [0.4, 0.5) is 4.39 Å². The first-order valence-electron chi connectivity index (χ1n) is 10.5. The van der Waals surface area contributed by atoms with Gasteiger partial charge in [0, 0.05) is 12.0 Å². The van der Waals surface area contributed by atoms with Crippen LogP contribution < -0.4 is 10.6 Å². The smallest absolute Gasteiger partial charge is 0.326 e. The van der Waals surface area contributed by atoms with Gasteiger partial charge in [-0.1, -0.05) is 5.21 Å². The predicted molar refractivity (Wildman–Crippen MR) is 116 cm³/mol. The van der Waals surface area contributed by atoms with E-state index in [0.717, 1.165) is 0 Å². The van der Waals surface area contributed by atoms with E-state index in [4.69, 9.17) is 10.2 Å². The average Bonchev–Trinajstić information content (AvgIpc) is 3.28. The summed E-state index contributed by atoms with van der Waals surface area (Å²) in [5.41, 5.74) is 1.24. The van der Waals surface area contributed by atoms with Crippen molar-refractivity contribution < 1.29 is 43.7 Å². The van der Waals surface area contributed by atoms with Gasteiger partial charge in [0.1, 0.15) is 12.1 Å². The number of rotatable bonds is 14. The highest BCUT2D eigenvalue weighted by Crippen LogP contribution is 2.11. The van der Waals surface area contributed by atoms with Gasteiger partial charge in [0.05, 0.1) is 30.7 Å². The van der Waals surface area contributed by atoms with Crippen LogP contribution in [0.5, 0.6) is 0 Å². The normalized spacial score (nSPS) is 12.4. The van der Waals surface area contributed by atoms with E-state index in [9.17, 15) is 33.5 Å². The number of aromatic nitrogens is 3. The highest BCUT2D eigenvalue weighted by Gasteiger charge is 2.27. The molecule has 0 saturated heterocycles. The molecule has 0 saturated carbocycles. The number of amides is 2. The van der Waals surface area contributed by atoms with Gasteiger partial charge < -0.3 is 26.0 Å². The molecule has 0 unspecified atom stereocenters. The molecule has 1 aromatic heterocycles. The quantitative estimate of drug-likeness (QED) is 0.242. The number of alkyl halides is 1. The minimum atomic E-state index is -1.66. The Morgan fingerprint density at radius 3 is 2.20 bits per heavy atom. The van der Waals surface area contributed by atoms with Crippen LogP contribution in [0.15, 0.2) is 30.5 Å². The number of nitrogens with one attached hydrogen (secondary N) is 2. The fourth-order valence-corrected chi connectivity index (χ4v) is 2.96. The summed E-state index contributed by atoms with van der Waals surface area (Å²) in [6.07, 6.45) is 0.685. The van der Waals surface area contributed by atoms with Crippen molar-refractivity contribution in [3.8, 4) is 5.69 Å². The number of aryl methyl sites for hydroxylation is 1. The third-order valence-electron chi connectivity index (χ3n) is 4.77. The van der Waals surface area contributed by atoms with Gasteiger partial charge in [-0.05, 0) is 43.5 Å². The van der Waals surface area contributed by atoms with E-state index in [-0.39, 0.29) is 5.56 Å². The van der Waals surface area contributed by atoms with Gasteiger partial charge in [0.2, 0.25) is 5.91 Å². The van der Waals surface area contributed by atoms with E-state index in [1.54, 1.807) is 6.20 Å². The van der Waals surface area contributed by atoms with Crippen molar-refractivity contribution in [2.24, 2.45) is 0 Å². The zero-order valence-corrected chi connectivity index (χ0v) is 18.4. The van der Waals surface area contributed by atoms with Crippen LogP contribution >= 0.6 is 0 Å². The molecule has 35 heavy (non-hydrogen) atoms. The first kappa shape index (κ1) is 26.9. The number of carbonyl (C=O) groups excluding carboxylic acids is 2. The molecule has 5 N–H and O–H groups in total. The van der Waals surface area contributed by atoms with E-state index < -0.39 is 67.7 Å². The van der Waals surface area contributed by atoms with Crippen LogP contribution in [0, 0.1) is 0 Å². The number of carboxylic acid groups (broad SMARTS) is 3. The SMILES string of the molecule is O=C(O)CC[C@H](NC(=O)C[C@@H](NC(=O)c1ccc(-n2cc(CCCF)nn2)cc1)C(=O)O)C(=O)O. The Morgan fingerprint density at radius 1 is 0.971 bits per heavy atom. The maximum absolute atomic E-state index is 12.5. The van der Waals surface area contributed by atoms with Gasteiger partial charge in [-0.25, -0.2) is 14.3 Å². The number of halogens is 1. The zero-order chi connectivity index (χ0) is 26.0. The zero-order valence-electron chi connectivity index (χ0n) is 18.4. The Kier molecular flexibility index (Phi) is 9.81. The second-order valence-corrected chi connectivity index (χ2v) is 7.45. The molecule has 2 aromatic rings. The highest BCUT2D eigenvalue weighted by molar-refractivity contribution is 5.98. The molecule has 2 amide bonds. The van der Waals surface area contributed by atoms with E-state index in [1.807, 2.05) is 0 Å². The number of carboxylic acids is 3. The molecule has 0 bridgehead atoms. The summed E-state index contributed by atoms with van der Waals surface area (Å²) in [5, 5.41) is 39.2. The van der Waals surface area contributed by atoms with Crippen molar-refractivity contribution in [3.63, 3.8) is 0 Å². The molecule has 0 aliphatic carbocycles. The van der Waals surface area contributed by atoms with E-state index in [1.165, 1.54) is 28.9 Å². The second kappa shape index (κ2) is 12.8. The van der Waals surface area contributed by atoms with Gasteiger partial charge in [-0.15, -0.1) is 5.10 Å². The van der Waals surface area contributed by atoms with Crippen molar-refractivity contribution in [2.45, 2.75) is 44.2 Å². The number of hydrogen-bond donors (Lipinski definition) is 5. The minimum Gasteiger partial charge on any atom is -0.481 e. The molecule has 0 aliphatic heterocycles. The molecule has 188 valence electrons. The molecule has 1 heterocycles. The van der Waals surface area contributed by atoms with Crippen LogP contribution in [0.2, 0.25) is 0 Å². The molecule has 2 rings (SSSR count). The Balaban J connectivity index is 1.99. The Morgan fingerprint density at radius 2 is 1.63 bits per heavy atom. The number of benzene rings is 1. The Bertz CT molecular complexity index is 1070. The lowest BCUT2D eigenvalue weighted by Crippen LogP contribution is -2.47. The first-order valence-corrected chi connectivity index (χ1v) is 10.5. The number of carbonyl (C=O) groups is 5. The number of aliphatic carboxylic acids is 3. The van der Waals surface area contributed by atoms with Crippen LogP contribution in [0.1, 0.15) is 41.7 Å². The molecular formula is C21H24FN5O8. The van der Waals surface area contributed by atoms with Crippen LogP contribution in [0.25, 0.3) is 5.69 Å². The van der Waals surface area contributed by atoms with Crippen molar-refractivity contribution >= 4 is 29.7 Å². The summed E-state index contributed by atoms with van der Waals surface area (Å²) >= 11 is 0. The van der Waals surface area contributed by atoms with Crippen molar-refractivity contribution in [1.29, 1.82) is 0 Å². The summed E-state index contributed by atoms with van der Waals surface area (Å²) in [6, 6.07) is 2.68. The summed E-state index contributed by atoms with van der Waals surface area (Å²) in [7, 11) is 0. The molecule has 13 nitrogen and oxygen atoms in total. The lowest BCUT2D eigenvalue weighted by molar-refractivity contribution is -0.143. The van der Waals surface area contributed by atoms with Crippen molar-refractivity contribution in [1.82, 2.24) is 25.6 Å². The Labute approximate surface area is 197 Å². The van der Waals surface area contributed by atoms with Crippen LogP contribution in [-0.4, -0.2) is 78.8 Å². The number of nitrogens with zero attached hydrogens (tertiary/aromatic N) is 3. The van der Waals surface area contributed by atoms with Crippen LogP contribution in [0.3, 0.4) is 0 Å². The monoisotopic (exact) mass is 493 g/mol. The predicted octanol–water partition coefficient (Wildman–Crippen LogP) is 0.177. The minimum absolute atomic E-state index is 0.0862. The standard InChI is InChI=1S/C21H24FN5O8/c22-9-1-2-13-11-27(26-25-13)14-5-3-12(4-6-14)19(31)24-16(21(34)35)10-17(28)23-15(20(32)33)7-8-18(29)30/h3-6,11,15-16H,1-2,7-10H2,(H,23,28)(H,24,31)(H,29,30)(H,32,33)(H,34,35)/t15-,16+/m0/s1. The van der Waals surface area contributed by atoms with Gasteiger partial charge in [0.25, 0.3) is 5.91 Å². The molecule has 0 aliphatic rings. The average molecular weight is 493 g/mol. The lowest BCUT2D eigenvalue weighted by Gasteiger charge is -2.17. The highest BCUT2D eigenvalue weighted by atomic mass is 19.1. The Hall–Kier alpha value is -4.36.